The summed E-state index contributed by atoms with van der Waals surface area (Å²) < 4.78 is 20.0. The highest BCUT2D eigenvalue weighted by Gasteiger charge is 1.94. The van der Waals surface area contributed by atoms with Gasteiger partial charge in [-0.1, -0.05) is 12.1 Å². The quantitative estimate of drug-likeness (QED) is 0.682. The SMILES string of the molecule is CS(=O)(O)=Cc1ccc(C#N)cc1. The molecule has 0 aliphatic carbocycles. The molecule has 0 aliphatic rings. The molecule has 4 heteroatoms. The van der Waals surface area contributed by atoms with Crippen LogP contribution in [0.5, 0.6) is 0 Å². The summed E-state index contributed by atoms with van der Waals surface area (Å²) in [6.45, 7) is 0. The molecule has 0 aliphatic heterocycles. The van der Waals surface area contributed by atoms with Crippen molar-refractivity contribution in [1.82, 2.24) is 0 Å². The van der Waals surface area contributed by atoms with E-state index in [1.54, 1.807) is 24.3 Å². The van der Waals surface area contributed by atoms with Crippen LogP contribution in [0.25, 0.3) is 0 Å². The molecule has 0 radical (unpaired) electrons. The van der Waals surface area contributed by atoms with E-state index in [2.05, 4.69) is 0 Å². The molecule has 1 rings (SSSR count). The van der Waals surface area contributed by atoms with Crippen LogP contribution in [-0.2, 0) is 9.80 Å². The average Bonchev–Trinajstić information content (AvgIpc) is 2.03. The molecule has 13 heavy (non-hydrogen) atoms. The first-order valence-electron chi connectivity index (χ1n) is 3.58. The van der Waals surface area contributed by atoms with Gasteiger partial charge in [0.15, 0.2) is 0 Å². The van der Waals surface area contributed by atoms with Crippen LogP contribution in [0, 0.1) is 11.3 Å². The second kappa shape index (κ2) is 3.60. The lowest BCUT2D eigenvalue weighted by molar-refractivity contribution is 0.566. The number of rotatable bonds is 1. The van der Waals surface area contributed by atoms with Crippen molar-refractivity contribution in [2.45, 2.75) is 0 Å². The van der Waals surface area contributed by atoms with Crippen molar-refractivity contribution in [3.63, 3.8) is 0 Å². The van der Waals surface area contributed by atoms with Crippen molar-refractivity contribution in [2.75, 3.05) is 6.26 Å². The zero-order valence-electron chi connectivity index (χ0n) is 7.10. The van der Waals surface area contributed by atoms with Gasteiger partial charge in [0, 0.05) is 11.6 Å². The summed E-state index contributed by atoms with van der Waals surface area (Å²) in [7, 11) is -2.85. The lowest BCUT2D eigenvalue weighted by Gasteiger charge is -1.95. The fraction of sp³-hybridized carbons (Fsp3) is 0.111. The molecule has 0 saturated carbocycles. The molecule has 0 heterocycles. The number of nitrogens with zero attached hydrogens (tertiary/aromatic N) is 1. The summed E-state index contributed by atoms with van der Waals surface area (Å²) in [5, 5.41) is 9.77. The normalized spacial score (nSPS) is 14.2. The third-order valence-corrected chi connectivity index (χ3v) is 2.10. The van der Waals surface area contributed by atoms with Gasteiger partial charge in [-0.2, -0.15) is 5.26 Å². The Hall–Kier alpha value is -1.31. The Labute approximate surface area is 77.5 Å². The lowest BCUT2D eigenvalue weighted by Crippen LogP contribution is -1.98. The molecule has 0 spiro atoms. The largest absolute Gasteiger partial charge is 0.314 e. The van der Waals surface area contributed by atoms with Crippen LogP contribution < -0.4 is 0 Å². The van der Waals surface area contributed by atoms with Crippen LogP contribution in [0.2, 0.25) is 0 Å². The summed E-state index contributed by atoms with van der Waals surface area (Å²) in [6.07, 6.45) is 1.24. The van der Waals surface area contributed by atoms with Crippen LogP contribution in [-0.4, -0.2) is 20.4 Å². The summed E-state index contributed by atoms with van der Waals surface area (Å²) in [5.41, 5.74) is 1.19. The molecule has 0 fully saturated rings. The number of nitriles is 1. The zero-order chi connectivity index (χ0) is 9.90. The molecule has 1 aromatic rings. The van der Waals surface area contributed by atoms with Gasteiger partial charge in [-0.25, -0.2) is 4.21 Å². The maximum Gasteiger partial charge on any atom is 0.0991 e. The highest BCUT2D eigenvalue weighted by molar-refractivity contribution is 7.95. The monoisotopic (exact) mass is 195 g/mol. The lowest BCUT2D eigenvalue weighted by atomic mass is 10.2. The number of benzene rings is 1. The van der Waals surface area contributed by atoms with E-state index in [9.17, 15) is 4.21 Å². The van der Waals surface area contributed by atoms with Crippen LogP contribution in [0.15, 0.2) is 24.3 Å². The van der Waals surface area contributed by atoms with Crippen molar-refractivity contribution >= 4 is 15.2 Å². The molecule has 0 saturated heterocycles. The van der Waals surface area contributed by atoms with Gasteiger partial charge in [0.1, 0.15) is 0 Å². The summed E-state index contributed by atoms with van der Waals surface area (Å²) in [5.74, 6) is 0. The summed E-state index contributed by atoms with van der Waals surface area (Å²) >= 11 is 0. The van der Waals surface area contributed by atoms with Gasteiger partial charge < -0.3 is 4.55 Å². The van der Waals surface area contributed by atoms with Crippen molar-refractivity contribution in [1.29, 1.82) is 5.26 Å². The van der Waals surface area contributed by atoms with E-state index in [0.29, 0.717) is 11.1 Å². The minimum Gasteiger partial charge on any atom is -0.314 e. The fourth-order valence-electron chi connectivity index (χ4n) is 0.889. The van der Waals surface area contributed by atoms with Crippen LogP contribution in [0.3, 0.4) is 0 Å². The van der Waals surface area contributed by atoms with E-state index in [1.165, 1.54) is 11.6 Å². The van der Waals surface area contributed by atoms with Crippen LogP contribution in [0.1, 0.15) is 11.1 Å². The molecular formula is C9H9NO2S. The highest BCUT2D eigenvalue weighted by atomic mass is 32.2. The summed E-state index contributed by atoms with van der Waals surface area (Å²) in [4.78, 5) is 0. The van der Waals surface area contributed by atoms with Gasteiger partial charge in [-0.3, -0.25) is 0 Å². The number of hydrogen-bond acceptors (Lipinski definition) is 2. The molecule has 68 valence electrons. The second-order valence-electron chi connectivity index (χ2n) is 2.71. The smallest absolute Gasteiger partial charge is 0.0991 e. The Morgan fingerprint density at radius 2 is 2.00 bits per heavy atom. The first-order chi connectivity index (χ1) is 6.01. The van der Waals surface area contributed by atoms with Gasteiger partial charge in [0.2, 0.25) is 0 Å². The molecule has 0 bridgehead atoms. The standard InChI is InChI=1S/C9H9NO2S/c1-13(11,12)7-9-4-2-8(6-10)3-5-9/h2-5,7H,1H3,(H,11,12). The first kappa shape index (κ1) is 9.78. The molecule has 1 N–H and O–H groups in total. The third-order valence-electron chi connectivity index (χ3n) is 1.39. The second-order valence-corrected chi connectivity index (χ2v) is 4.67. The van der Waals surface area contributed by atoms with Gasteiger partial charge in [-0.15, -0.1) is 0 Å². The molecule has 1 aromatic carbocycles. The Kier molecular flexibility index (Phi) is 2.71. The maximum atomic E-state index is 10.9. The van der Waals surface area contributed by atoms with Crippen molar-refractivity contribution in [2.24, 2.45) is 0 Å². The predicted molar refractivity (Wildman–Crippen MR) is 53.0 cm³/mol. The molecule has 1 unspecified atom stereocenters. The highest BCUT2D eigenvalue weighted by Crippen LogP contribution is 2.01. The third kappa shape index (κ3) is 3.28. The molecule has 1 atom stereocenters. The van der Waals surface area contributed by atoms with Crippen molar-refractivity contribution in [3.05, 3.63) is 35.4 Å². The Bertz CT molecular complexity index is 439. The number of hydrogen-bond donors (Lipinski definition) is 1. The first-order valence-corrected chi connectivity index (χ1v) is 5.56. The fourth-order valence-corrected chi connectivity index (χ4v) is 1.55. The van der Waals surface area contributed by atoms with Crippen LogP contribution in [0.4, 0.5) is 0 Å². The summed E-state index contributed by atoms with van der Waals surface area (Å²) in [6, 6.07) is 8.46. The van der Waals surface area contributed by atoms with E-state index in [-0.39, 0.29) is 0 Å². The van der Waals surface area contributed by atoms with Crippen LogP contribution >= 0.6 is 0 Å². The Morgan fingerprint density at radius 3 is 2.38 bits per heavy atom. The van der Waals surface area contributed by atoms with Crippen molar-refractivity contribution < 1.29 is 8.76 Å². The Morgan fingerprint density at radius 1 is 1.46 bits per heavy atom. The van der Waals surface area contributed by atoms with E-state index in [4.69, 9.17) is 9.81 Å². The van der Waals surface area contributed by atoms with Crippen molar-refractivity contribution in [3.8, 4) is 6.07 Å². The Balaban J connectivity index is 3.10. The minimum atomic E-state index is -2.85. The maximum absolute atomic E-state index is 10.9. The topological polar surface area (TPSA) is 61.1 Å². The van der Waals surface area contributed by atoms with Gasteiger partial charge in [0.25, 0.3) is 0 Å². The van der Waals surface area contributed by atoms with E-state index in [1.807, 2.05) is 6.07 Å². The molecule has 3 nitrogen and oxygen atoms in total. The van der Waals surface area contributed by atoms with E-state index in [0.717, 1.165) is 0 Å². The van der Waals surface area contributed by atoms with Gasteiger partial charge >= 0.3 is 0 Å². The predicted octanol–water partition coefficient (Wildman–Crippen LogP) is 1.10. The molecular weight excluding hydrogens is 186 g/mol. The molecule has 0 aromatic heterocycles. The van der Waals surface area contributed by atoms with Gasteiger partial charge in [0.05, 0.1) is 21.4 Å². The molecule has 0 amide bonds. The minimum absolute atomic E-state index is 0.540. The van der Waals surface area contributed by atoms with E-state index >= 15 is 0 Å². The van der Waals surface area contributed by atoms with E-state index < -0.39 is 9.80 Å². The average molecular weight is 195 g/mol. The van der Waals surface area contributed by atoms with Gasteiger partial charge in [-0.05, 0) is 17.7 Å². The zero-order valence-corrected chi connectivity index (χ0v) is 7.91.